The van der Waals surface area contributed by atoms with Gasteiger partial charge in [0.05, 0.1) is 17.6 Å². The van der Waals surface area contributed by atoms with Gasteiger partial charge in [0.15, 0.2) is 0 Å². The minimum atomic E-state index is -1.09. The fourth-order valence-electron chi connectivity index (χ4n) is 1.97. The third-order valence-electron chi connectivity index (χ3n) is 2.95. The molecule has 5 N–H and O–H groups in total. The number of amides is 1. The number of likely N-dealkylation sites (N-methyl/N-ethyl adjacent to an activating group) is 1. The van der Waals surface area contributed by atoms with Gasteiger partial charge in [-0.2, -0.15) is 5.10 Å². The molecule has 0 aliphatic carbocycles. The molecule has 20 heavy (non-hydrogen) atoms. The highest BCUT2D eigenvalue weighted by Crippen LogP contribution is 2.30. The standard InChI is InChI=1S/C13H17N5O2/c1-18(5-4-14)12-6-9(10-7-15-16-8-10)2-3-11(12)17-13(19)20/h2-3,6-8,17H,4-5,14H2,1H3,(H,15,16)(H,19,20). The van der Waals surface area contributed by atoms with Crippen LogP contribution in [0.15, 0.2) is 30.6 Å². The smallest absolute Gasteiger partial charge is 0.409 e. The zero-order chi connectivity index (χ0) is 14.5. The Balaban J connectivity index is 2.40. The molecule has 0 unspecified atom stereocenters. The lowest BCUT2D eigenvalue weighted by Crippen LogP contribution is -2.26. The summed E-state index contributed by atoms with van der Waals surface area (Å²) in [6.07, 6.45) is 2.40. The molecule has 1 heterocycles. The lowest BCUT2D eigenvalue weighted by atomic mass is 10.1. The van der Waals surface area contributed by atoms with Crippen molar-refractivity contribution < 1.29 is 9.90 Å². The SMILES string of the molecule is CN(CCN)c1cc(-c2cn[nH]c2)ccc1NC(=O)O. The van der Waals surface area contributed by atoms with Gasteiger partial charge in [0.2, 0.25) is 0 Å². The van der Waals surface area contributed by atoms with Crippen molar-refractivity contribution in [2.45, 2.75) is 0 Å². The van der Waals surface area contributed by atoms with E-state index in [9.17, 15) is 4.79 Å². The summed E-state index contributed by atoms with van der Waals surface area (Å²) in [5, 5.41) is 18.0. The van der Waals surface area contributed by atoms with E-state index in [0.717, 1.165) is 16.8 Å². The van der Waals surface area contributed by atoms with Crippen molar-refractivity contribution in [3.05, 3.63) is 30.6 Å². The minimum absolute atomic E-state index is 0.485. The summed E-state index contributed by atoms with van der Waals surface area (Å²) in [7, 11) is 1.87. The molecular weight excluding hydrogens is 258 g/mol. The van der Waals surface area contributed by atoms with Crippen molar-refractivity contribution in [1.29, 1.82) is 0 Å². The molecule has 1 amide bonds. The Morgan fingerprint density at radius 1 is 1.50 bits per heavy atom. The van der Waals surface area contributed by atoms with E-state index < -0.39 is 6.09 Å². The predicted octanol–water partition coefficient (Wildman–Crippen LogP) is 1.56. The van der Waals surface area contributed by atoms with Crippen LogP contribution in [0, 0.1) is 0 Å². The van der Waals surface area contributed by atoms with Gasteiger partial charge in [0, 0.05) is 31.9 Å². The Labute approximate surface area is 116 Å². The lowest BCUT2D eigenvalue weighted by molar-refractivity contribution is 0.210. The molecule has 1 aromatic heterocycles. The number of rotatable bonds is 5. The van der Waals surface area contributed by atoms with E-state index in [1.807, 2.05) is 24.1 Å². The Bertz CT molecular complexity index is 582. The summed E-state index contributed by atoms with van der Waals surface area (Å²) in [6.45, 7) is 1.11. The number of aromatic amines is 1. The number of aromatic nitrogens is 2. The van der Waals surface area contributed by atoms with Gasteiger partial charge < -0.3 is 15.7 Å². The van der Waals surface area contributed by atoms with E-state index in [-0.39, 0.29) is 0 Å². The van der Waals surface area contributed by atoms with Crippen molar-refractivity contribution in [3.8, 4) is 11.1 Å². The highest BCUT2D eigenvalue weighted by atomic mass is 16.4. The highest BCUT2D eigenvalue weighted by Gasteiger charge is 2.11. The molecule has 0 bridgehead atoms. The van der Waals surface area contributed by atoms with Crippen LogP contribution in [-0.4, -0.2) is 41.5 Å². The number of nitrogens with one attached hydrogen (secondary N) is 2. The molecule has 2 aromatic rings. The number of benzene rings is 1. The second kappa shape index (κ2) is 6.07. The van der Waals surface area contributed by atoms with E-state index in [2.05, 4.69) is 15.5 Å². The number of hydrogen-bond donors (Lipinski definition) is 4. The Morgan fingerprint density at radius 3 is 2.90 bits per heavy atom. The van der Waals surface area contributed by atoms with Crippen LogP contribution >= 0.6 is 0 Å². The molecule has 2 rings (SSSR count). The molecule has 7 nitrogen and oxygen atoms in total. The fraction of sp³-hybridized carbons (Fsp3) is 0.231. The zero-order valence-corrected chi connectivity index (χ0v) is 11.1. The molecule has 0 fully saturated rings. The molecule has 106 valence electrons. The van der Waals surface area contributed by atoms with E-state index in [4.69, 9.17) is 10.8 Å². The summed E-state index contributed by atoms with van der Waals surface area (Å²) >= 11 is 0. The minimum Gasteiger partial charge on any atom is -0.465 e. The number of hydrogen-bond acceptors (Lipinski definition) is 4. The molecular formula is C13H17N5O2. The van der Waals surface area contributed by atoms with Gasteiger partial charge in [0.25, 0.3) is 0 Å². The number of nitrogens with zero attached hydrogens (tertiary/aromatic N) is 2. The maximum atomic E-state index is 10.8. The molecule has 0 aliphatic rings. The third kappa shape index (κ3) is 3.07. The first-order valence-corrected chi connectivity index (χ1v) is 6.16. The molecule has 1 aromatic carbocycles. The number of nitrogens with two attached hydrogens (primary N) is 1. The maximum Gasteiger partial charge on any atom is 0.409 e. The van der Waals surface area contributed by atoms with E-state index in [1.165, 1.54) is 0 Å². The Hall–Kier alpha value is -2.54. The fourth-order valence-corrected chi connectivity index (χ4v) is 1.97. The molecule has 0 spiro atoms. The molecule has 0 radical (unpaired) electrons. The lowest BCUT2D eigenvalue weighted by Gasteiger charge is -2.22. The zero-order valence-electron chi connectivity index (χ0n) is 11.1. The number of carboxylic acid groups (broad SMARTS) is 1. The summed E-state index contributed by atoms with van der Waals surface area (Å²) in [4.78, 5) is 12.8. The normalized spacial score (nSPS) is 10.3. The average molecular weight is 275 g/mol. The van der Waals surface area contributed by atoms with Crippen LogP contribution in [0.2, 0.25) is 0 Å². The van der Waals surface area contributed by atoms with Crippen molar-refractivity contribution in [2.75, 3.05) is 30.4 Å². The molecule has 0 aliphatic heterocycles. The average Bonchev–Trinajstić information content (AvgIpc) is 2.92. The highest BCUT2D eigenvalue weighted by molar-refractivity contribution is 5.90. The van der Waals surface area contributed by atoms with Gasteiger partial charge in [-0.1, -0.05) is 6.07 Å². The summed E-state index contributed by atoms with van der Waals surface area (Å²) in [5.74, 6) is 0. The number of anilines is 2. The third-order valence-corrected chi connectivity index (χ3v) is 2.95. The monoisotopic (exact) mass is 275 g/mol. The summed E-state index contributed by atoms with van der Waals surface area (Å²) < 4.78 is 0. The van der Waals surface area contributed by atoms with Gasteiger partial charge in [-0.05, 0) is 17.7 Å². The van der Waals surface area contributed by atoms with Crippen LogP contribution in [0.1, 0.15) is 0 Å². The largest absolute Gasteiger partial charge is 0.465 e. The van der Waals surface area contributed by atoms with Crippen molar-refractivity contribution in [1.82, 2.24) is 10.2 Å². The van der Waals surface area contributed by atoms with Gasteiger partial charge in [-0.3, -0.25) is 10.4 Å². The van der Waals surface area contributed by atoms with Gasteiger partial charge in [-0.25, -0.2) is 4.79 Å². The van der Waals surface area contributed by atoms with Crippen LogP contribution in [0.25, 0.3) is 11.1 Å². The van der Waals surface area contributed by atoms with Gasteiger partial charge in [-0.15, -0.1) is 0 Å². The topological polar surface area (TPSA) is 107 Å². The number of H-pyrrole nitrogens is 1. The maximum absolute atomic E-state index is 10.8. The molecule has 0 atom stereocenters. The molecule has 0 saturated carbocycles. The van der Waals surface area contributed by atoms with Crippen LogP contribution in [0.5, 0.6) is 0 Å². The first-order chi connectivity index (χ1) is 9.61. The second-order valence-corrected chi connectivity index (χ2v) is 4.36. The van der Waals surface area contributed by atoms with Crippen molar-refractivity contribution >= 4 is 17.5 Å². The van der Waals surface area contributed by atoms with Crippen LogP contribution < -0.4 is 16.0 Å². The second-order valence-electron chi connectivity index (χ2n) is 4.36. The first kappa shape index (κ1) is 13.9. The Morgan fingerprint density at radius 2 is 2.30 bits per heavy atom. The van der Waals surface area contributed by atoms with Crippen molar-refractivity contribution in [3.63, 3.8) is 0 Å². The van der Waals surface area contributed by atoms with Crippen LogP contribution in [-0.2, 0) is 0 Å². The van der Waals surface area contributed by atoms with Gasteiger partial charge >= 0.3 is 6.09 Å². The quantitative estimate of drug-likeness (QED) is 0.662. The van der Waals surface area contributed by atoms with Gasteiger partial charge in [0.1, 0.15) is 0 Å². The predicted molar refractivity (Wildman–Crippen MR) is 78.0 cm³/mol. The summed E-state index contributed by atoms with van der Waals surface area (Å²) in [6, 6.07) is 5.49. The Kier molecular flexibility index (Phi) is 4.21. The molecule has 0 saturated heterocycles. The first-order valence-electron chi connectivity index (χ1n) is 6.16. The van der Waals surface area contributed by atoms with Crippen molar-refractivity contribution in [2.24, 2.45) is 5.73 Å². The van der Waals surface area contributed by atoms with Crippen LogP contribution in [0.4, 0.5) is 16.2 Å². The van der Waals surface area contributed by atoms with Crippen LogP contribution in [0.3, 0.4) is 0 Å². The van der Waals surface area contributed by atoms with E-state index >= 15 is 0 Å². The molecule has 7 heteroatoms. The van der Waals surface area contributed by atoms with E-state index in [1.54, 1.807) is 18.5 Å². The summed E-state index contributed by atoms with van der Waals surface area (Å²) in [5.41, 5.74) is 8.75. The van der Waals surface area contributed by atoms with E-state index in [0.29, 0.717) is 18.8 Å². The number of carbonyl (C=O) groups is 1.